The average Bonchev–Trinajstić information content (AvgIpc) is 2.36. The highest BCUT2D eigenvalue weighted by Gasteiger charge is 2.16. The second-order valence-corrected chi connectivity index (χ2v) is 3.93. The zero-order chi connectivity index (χ0) is 15.4. The molecule has 0 bridgehead atoms. The topological polar surface area (TPSA) is 110 Å². The first-order chi connectivity index (χ1) is 9.23. The number of halogens is 1. The van der Waals surface area contributed by atoms with E-state index < -0.39 is 28.3 Å². The Hall–Kier alpha value is -2.77. The highest BCUT2D eigenvalue weighted by molar-refractivity contribution is 6.08. The summed E-state index contributed by atoms with van der Waals surface area (Å²) >= 11 is 0. The molecule has 0 atom stereocenters. The zero-order valence-corrected chi connectivity index (χ0v) is 10.6. The average molecular weight is 282 g/mol. The number of nitro groups is 1. The van der Waals surface area contributed by atoms with Gasteiger partial charge in [-0.15, -0.1) is 0 Å². The SMILES string of the molecule is C/C(C(=O)O)=C(/C)C(=O)Nc1ccc([N+](=O)[O-])c(F)c1. The van der Waals surface area contributed by atoms with Gasteiger partial charge in [0.15, 0.2) is 0 Å². The Morgan fingerprint density at radius 2 is 1.90 bits per heavy atom. The lowest BCUT2D eigenvalue weighted by molar-refractivity contribution is -0.387. The van der Waals surface area contributed by atoms with Crippen LogP contribution in [0.5, 0.6) is 0 Å². The van der Waals surface area contributed by atoms with E-state index in [9.17, 15) is 24.1 Å². The van der Waals surface area contributed by atoms with Gasteiger partial charge in [0.25, 0.3) is 5.91 Å². The molecule has 0 aromatic heterocycles. The van der Waals surface area contributed by atoms with Gasteiger partial charge in [0, 0.05) is 29.0 Å². The van der Waals surface area contributed by atoms with E-state index in [0.29, 0.717) is 0 Å². The molecule has 1 aromatic carbocycles. The van der Waals surface area contributed by atoms with Crippen LogP contribution in [0, 0.1) is 15.9 Å². The highest BCUT2D eigenvalue weighted by Crippen LogP contribution is 2.21. The number of nitrogens with zero attached hydrogens (tertiary/aromatic N) is 1. The van der Waals surface area contributed by atoms with E-state index in [-0.39, 0.29) is 16.8 Å². The molecule has 1 aromatic rings. The Morgan fingerprint density at radius 3 is 2.35 bits per heavy atom. The molecule has 1 amide bonds. The van der Waals surface area contributed by atoms with E-state index in [2.05, 4.69) is 5.32 Å². The molecule has 7 nitrogen and oxygen atoms in total. The molecule has 0 spiro atoms. The van der Waals surface area contributed by atoms with Crippen LogP contribution >= 0.6 is 0 Å². The largest absolute Gasteiger partial charge is 0.478 e. The van der Waals surface area contributed by atoms with Crippen LogP contribution in [0.2, 0.25) is 0 Å². The number of nitro benzene ring substituents is 1. The van der Waals surface area contributed by atoms with Gasteiger partial charge < -0.3 is 10.4 Å². The third-order valence-electron chi connectivity index (χ3n) is 2.63. The Bertz CT molecular complexity index is 624. The Kier molecular flexibility index (Phi) is 4.52. The lowest BCUT2D eigenvalue weighted by Gasteiger charge is -2.07. The van der Waals surface area contributed by atoms with Gasteiger partial charge in [0.2, 0.25) is 5.82 Å². The van der Waals surface area contributed by atoms with Crippen molar-refractivity contribution in [2.75, 3.05) is 5.32 Å². The fourth-order valence-corrected chi connectivity index (χ4v) is 1.29. The van der Waals surface area contributed by atoms with Crippen LogP contribution in [-0.4, -0.2) is 21.9 Å². The standard InChI is InChI=1S/C12H11FN2O5/c1-6(7(2)12(17)18)11(16)14-8-3-4-10(15(19)20)9(13)5-8/h3-5H,1-2H3,(H,14,16)(H,17,18)/b7-6+. The molecule has 0 heterocycles. The minimum Gasteiger partial charge on any atom is -0.478 e. The van der Waals surface area contributed by atoms with Gasteiger partial charge in [-0.2, -0.15) is 4.39 Å². The molecule has 2 N–H and O–H groups in total. The number of hydrogen-bond acceptors (Lipinski definition) is 4. The van der Waals surface area contributed by atoms with Crippen molar-refractivity contribution in [3.05, 3.63) is 45.3 Å². The third kappa shape index (κ3) is 3.37. The van der Waals surface area contributed by atoms with Gasteiger partial charge in [-0.25, -0.2) is 4.79 Å². The molecule has 0 saturated carbocycles. The minimum atomic E-state index is -1.24. The number of benzene rings is 1. The Morgan fingerprint density at radius 1 is 1.30 bits per heavy atom. The van der Waals surface area contributed by atoms with E-state index in [1.54, 1.807) is 0 Å². The molecule has 1 rings (SSSR count). The number of carboxylic acids is 1. The van der Waals surface area contributed by atoms with E-state index in [1.807, 2.05) is 0 Å². The summed E-state index contributed by atoms with van der Waals surface area (Å²) in [5.74, 6) is -3.06. The lowest BCUT2D eigenvalue weighted by Crippen LogP contribution is -2.16. The van der Waals surface area contributed by atoms with E-state index >= 15 is 0 Å². The summed E-state index contributed by atoms with van der Waals surface area (Å²) in [4.78, 5) is 31.9. The number of anilines is 1. The van der Waals surface area contributed by atoms with Crippen molar-refractivity contribution < 1.29 is 24.0 Å². The van der Waals surface area contributed by atoms with Crippen LogP contribution in [0.15, 0.2) is 29.3 Å². The molecule has 0 aliphatic heterocycles. The summed E-state index contributed by atoms with van der Waals surface area (Å²) in [5.41, 5.74) is -0.909. The van der Waals surface area contributed by atoms with E-state index in [1.165, 1.54) is 13.8 Å². The fourth-order valence-electron chi connectivity index (χ4n) is 1.29. The maximum absolute atomic E-state index is 13.3. The number of carboxylic acid groups (broad SMARTS) is 1. The van der Waals surface area contributed by atoms with Gasteiger partial charge in [0.1, 0.15) is 0 Å². The van der Waals surface area contributed by atoms with Crippen molar-refractivity contribution in [3.63, 3.8) is 0 Å². The molecule has 0 aliphatic rings. The predicted molar refractivity (Wildman–Crippen MR) is 67.7 cm³/mol. The summed E-state index contributed by atoms with van der Waals surface area (Å²) in [6.45, 7) is 2.56. The molecular formula is C12H11FN2O5. The van der Waals surface area contributed by atoms with Gasteiger partial charge in [-0.05, 0) is 19.9 Å². The van der Waals surface area contributed by atoms with Crippen LogP contribution in [0.4, 0.5) is 15.8 Å². The normalized spacial score (nSPS) is 11.6. The number of nitrogens with one attached hydrogen (secondary N) is 1. The molecule has 0 radical (unpaired) electrons. The smallest absolute Gasteiger partial charge is 0.331 e. The molecular weight excluding hydrogens is 271 g/mol. The monoisotopic (exact) mass is 282 g/mol. The summed E-state index contributed by atoms with van der Waals surface area (Å²) in [7, 11) is 0. The van der Waals surface area contributed by atoms with Crippen molar-refractivity contribution in [1.82, 2.24) is 0 Å². The van der Waals surface area contributed by atoms with Gasteiger partial charge >= 0.3 is 11.7 Å². The first-order valence-electron chi connectivity index (χ1n) is 5.40. The Labute approximate surface area is 112 Å². The molecule has 0 aliphatic carbocycles. The van der Waals surface area contributed by atoms with Crippen LogP contribution in [0.1, 0.15) is 13.8 Å². The van der Waals surface area contributed by atoms with E-state index in [0.717, 1.165) is 18.2 Å². The summed E-state index contributed by atoms with van der Waals surface area (Å²) in [6.07, 6.45) is 0. The lowest BCUT2D eigenvalue weighted by atomic mass is 10.1. The van der Waals surface area contributed by atoms with Crippen molar-refractivity contribution >= 4 is 23.3 Å². The molecule has 0 saturated heterocycles. The first kappa shape index (κ1) is 15.3. The predicted octanol–water partition coefficient (Wildman–Crippen LogP) is 2.09. The summed E-state index contributed by atoms with van der Waals surface area (Å²) < 4.78 is 13.3. The number of amides is 1. The second-order valence-electron chi connectivity index (χ2n) is 3.93. The summed E-state index contributed by atoms with van der Waals surface area (Å²) in [5, 5.41) is 21.4. The van der Waals surface area contributed by atoms with Gasteiger partial charge in [-0.3, -0.25) is 14.9 Å². The van der Waals surface area contributed by atoms with Crippen LogP contribution in [0.3, 0.4) is 0 Å². The molecule has 20 heavy (non-hydrogen) atoms. The van der Waals surface area contributed by atoms with Crippen molar-refractivity contribution in [3.8, 4) is 0 Å². The number of rotatable bonds is 4. The third-order valence-corrected chi connectivity index (χ3v) is 2.63. The Balaban J connectivity index is 2.98. The fraction of sp³-hybridized carbons (Fsp3) is 0.167. The van der Waals surface area contributed by atoms with Gasteiger partial charge in [-0.1, -0.05) is 0 Å². The maximum atomic E-state index is 13.3. The first-order valence-corrected chi connectivity index (χ1v) is 5.40. The molecule has 0 fully saturated rings. The number of carbonyl (C=O) groups excluding carboxylic acids is 1. The van der Waals surface area contributed by atoms with Crippen LogP contribution < -0.4 is 5.32 Å². The van der Waals surface area contributed by atoms with Crippen LogP contribution in [0.25, 0.3) is 0 Å². The van der Waals surface area contributed by atoms with Gasteiger partial charge in [0.05, 0.1) is 4.92 Å². The molecule has 0 unspecified atom stereocenters. The quantitative estimate of drug-likeness (QED) is 0.499. The summed E-state index contributed by atoms with van der Waals surface area (Å²) in [6, 6.07) is 2.86. The van der Waals surface area contributed by atoms with Crippen molar-refractivity contribution in [2.45, 2.75) is 13.8 Å². The molecule has 106 valence electrons. The molecule has 8 heteroatoms. The second kappa shape index (κ2) is 5.91. The minimum absolute atomic E-state index is 0.00404. The number of carbonyl (C=O) groups is 2. The van der Waals surface area contributed by atoms with Crippen LogP contribution in [-0.2, 0) is 9.59 Å². The maximum Gasteiger partial charge on any atom is 0.331 e. The number of hydrogen-bond donors (Lipinski definition) is 2. The number of aliphatic carboxylic acids is 1. The zero-order valence-electron chi connectivity index (χ0n) is 10.6. The van der Waals surface area contributed by atoms with Crippen molar-refractivity contribution in [1.29, 1.82) is 0 Å². The van der Waals surface area contributed by atoms with Crippen molar-refractivity contribution in [2.24, 2.45) is 0 Å². The van der Waals surface area contributed by atoms with E-state index in [4.69, 9.17) is 5.11 Å². The highest BCUT2D eigenvalue weighted by atomic mass is 19.1.